The van der Waals surface area contributed by atoms with E-state index in [1.165, 1.54) is 0 Å². The van der Waals surface area contributed by atoms with Gasteiger partial charge in [0.25, 0.3) is 0 Å². The van der Waals surface area contributed by atoms with Crippen LogP contribution in [0.2, 0.25) is 0 Å². The third kappa shape index (κ3) is 0.729. The first-order chi connectivity index (χ1) is 3.83. The van der Waals surface area contributed by atoms with Crippen LogP contribution < -0.4 is 0 Å². The fourth-order valence-electron chi connectivity index (χ4n) is 0.488. The molecular formula is C6H5NO. The van der Waals surface area contributed by atoms with Crippen molar-refractivity contribution >= 4 is 12.0 Å². The fourth-order valence-corrected chi connectivity index (χ4v) is 0.488. The number of aliphatic imine (C=N–C) groups is 1. The zero-order valence-electron chi connectivity index (χ0n) is 4.29. The predicted octanol–water partition coefficient (Wildman–Crippen LogP) is 0.710. The molecule has 0 atom stereocenters. The predicted molar refractivity (Wildman–Crippen MR) is 31.8 cm³/mol. The largest absolute Gasteiger partial charge is 0.296 e. The molecule has 2 heteroatoms. The number of aldehydes is 1. The van der Waals surface area contributed by atoms with Crippen LogP contribution in [-0.4, -0.2) is 12.0 Å². The Morgan fingerprint density at radius 2 is 2.38 bits per heavy atom. The quantitative estimate of drug-likeness (QED) is 0.454. The van der Waals surface area contributed by atoms with Crippen molar-refractivity contribution in [1.29, 1.82) is 0 Å². The van der Waals surface area contributed by atoms with Gasteiger partial charge in [-0.3, -0.25) is 4.79 Å². The van der Waals surface area contributed by atoms with Gasteiger partial charge in [0, 0.05) is 0 Å². The molecule has 0 aromatic rings. The van der Waals surface area contributed by atoms with E-state index in [0.717, 1.165) is 0 Å². The minimum atomic E-state index is 0.454. The molecule has 0 saturated carbocycles. The number of hydrogen-bond acceptors (Lipinski definition) is 2. The molecule has 1 aliphatic heterocycles. The summed E-state index contributed by atoms with van der Waals surface area (Å²) in [5, 5.41) is 0. The molecule has 1 aliphatic rings. The van der Waals surface area contributed by atoms with Gasteiger partial charge in [0.2, 0.25) is 0 Å². The molecule has 2 nitrogen and oxygen atoms in total. The summed E-state index contributed by atoms with van der Waals surface area (Å²) in [5.41, 5.74) is 1.10. The van der Waals surface area contributed by atoms with Crippen LogP contribution >= 0.6 is 0 Å². The van der Waals surface area contributed by atoms with Gasteiger partial charge in [-0.05, 0) is 12.2 Å². The minimum absolute atomic E-state index is 0.454. The number of rotatable bonds is 1. The van der Waals surface area contributed by atoms with Crippen molar-refractivity contribution < 1.29 is 4.79 Å². The minimum Gasteiger partial charge on any atom is -0.296 e. The number of nitrogens with zero attached hydrogens (tertiary/aromatic N) is 1. The first-order valence-electron chi connectivity index (χ1n) is 2.24. The maximum Gasteiger partial charge on any atom is 0.168 e. The standard InChI is InChI=1S/C6H5NO/c1-5-2-3-6(4-8)7-5/h2-4H,1H2. The van der Waals surface area contributed by atoms with Gasteiger partial charge in [-0.15, -0.1) is 0 Å². The molecule has 0 unspecified atom stereocenters. The van der Waals surface area contributed by atoms with E-state index in [2.05, 4.69) is 11.6 Å². The molecular weight excluding hydrogens is 102 g/mol. The number of hydrogen-bond donors (Lipinski definition) is 0. The van der Waals surface area contributed by atoms with Gasteiger partial charge in [0.15, 0.2) is 6.29 Å². The summed E-state index contributed by atoms with van der Waals surface area (Å²) in [7, 11) is 0. The molecule has 0 N–H and O–H groups in total. The Labute approximate surface area is 47.2 Å². The molecule has 0 saturated heterocycles. The van der Waals surface area contributed by atoms with E-state index in [0.29, 0.717) is 17.7 Å². The first-order valence-corrected chi connectivity index (χ1v) is 2.24. The zero-order chi connectivity index (χ0) is 5.98. The maximum atomic E-state index is 9.93. The molecule has 1 heterocycles. The molecule has 8 heavy (non-hydrogen) atoms. The number of carbonyl (C=O) groups is 1. The Balaban J connectivity index is 2.87. The highest BCUT2D eigenvalue weighted by Gasteiger charge is 1.97. The average Bonchev–Trinajstić information content (AvgIpc) is 2.14. The second-order valence-corrected chi connectivity index (χ2v) is 1.48. The molecule has 40 valence electrons. The Morgan fingerprint density at radius 1 is 1.62 bits per heavy atom. The smallest absolute Gasteiger partial charge is 0.168 e. The summed E-state index contributed by atoms with van der Waals surface area (Å²) in [5.74, 6) is 0. The average molecular weight is 107 g/mol. The van der Waals surface area contributed by atoms with Gasteiger partial charge >= 0.3 is 0 Å². The second-order valence-electron chi connectivity index (χ2n) is 1.48. The molecule has 0 aromatic heterocycles. The summed E-state index contributed by atoms with van der Waals surface area (Å²) in [6, 6.07) is 0. The lowest BCUT2D eigenvalue weighted by Crippen LogP contribution is -1.88. The van der Waals surface area contributed by atoms with Crippen LogP contribution in [0.1, 0.15) is 0 Å². The summed E-state index contributed by atoms with van der Waals surface area (Å²) in [6.45, 7) is 3.52. The molecule has 0 spiro atoms. The van der Waals surface area contributed by atoms with Gasteiger partial charge in [-0.2, -0.15) is 0 Å². The highest BCUT2D eigenvalue weighted by Crippen LogP contribution is 2.02. The highest BCUT2D eigenvalue weighted by molar-refractivity contribution is 6.35. The van der Waals surface area contributed by atoms with Crippen LogP contribution in [0.5, 0.6) is 0 Å². The Morgan fingerprint density at radius 3 is 2.62 bits per heavy atom. The van der Waals surface area contributed by atoms with Gasteiger partial charge in [-0.1, -0.05) is 6.58 Å². The maximum absolute atomic E-state index is 9.93. The van der Waals surface area contributed by atoms with Gasteiger partial charge in [0.1, 0.15) is 5.71 Å². The monoisotopic (exact) mass is 107 g/mol. The van der Waals surface area contributed by atoms with Crippen molar-refractivity contribution in [2.75, 3.05) is 0 Å². The first kappa shape index (κ1) is 4.97. The highest BCUT2D eigenvalue weighted by atomic mass is 16.1. The Kier molecular flexibility index (Phi) is 1.08. The van der Waals surface area contributed by atoms with E-state index in [1.54, 1.807) is 12.2 Å². The van der Waals surface area contributed by atoms with E-state index < -0.39 is 0 Å². The third-order valence-corrected chi connectivity index (χ3v) is 0.840. The lowest BCUT2D eigenvalue weighted by atomic mass is 10.4. The topological polar surface area (TPSA) is 29.4 Å². The Bertz CT molecular complexity index is 189. The molecule has 1 rings (SSSR count). The van der Waals surface area contributed by atoms with E-state index in [4.69, 9.17) is 0 Å². The summed E-state index contributed by atoms with van der Waals surface area (Å²) >= 11 is 0. The molecule has 0 aromatic carbocycles. The van der Waals surface area contributed by atoms with Crippen LogP contribution in [0, 0.1) is 0 Å². The summed E-state index contributed by atoms with van der Waals surface area (Å²) in [4.78, 5) is 13.7. The van der Waals surface area contributed by atoms with Crippen LogP contribution in [0.3, 0.4) is 0 Å². The van der Waals surface area contributed by atoms with Gasteiger partial charge in [0.05, 0.1) is 5.70 Å². The second kappa shape index (κ2) is 1.74. The van der Waals surface area contributed by atoms with E-state index >= 15 is 0 Å². The molecule has 0 aliphatic carbocycles. The van der Waals surface area contributed by atoms with Crippen LogP contribution in [0.4, 0.5) is 0 Å². The number of allylic oxidation sites excluding steroid dienone is 2. The van der Waals surface area contributed by atoms with Crippen molar-refractivity contribution in [2.45, 2.75) is 0 Å². The van der Waals surface area contributed by atoms with Gasteiger partial charge in [-0.25, -0.2) is 4.99 Å². The normalized spacial score (nSPS) is 16.5. The zero-order valence-corrected chi connectivity index (χ0v) is 4.29. The third-order valence-electron chi connectivity index (χ3n) is 0.840. The molecule has 0 radical (unpaired) electrons. The van der Waals surface area contributed by atoms with Crippen molar-refractivity contribution in [1.82, 2.24) is 0 Å². The van der Waals surface area contributed by atoms with Crippen LogP contribution in [0.25, 0.3) is 0 Å². The fraction of sp³-hybridized carbons (Fsp3) is 0. The van der Waals surface area contributed by atoms with Gasteiger partial charge < -0.3 is 0 Å². The van der Waals surface area contributed by atoms with Crippen LogP contribution in [0.15, 0.2) is 29.4 Å². The van der Waals surface area contributed by atoms with Crippen molar-refractivity contribution in [3.05, 3.63) is 24.4 Å². The molecule has 0 amide bonds. The van der Waals surface area contributed by atoms with E-state index in [-0.39, 0.29) is 0 Å². The number of carbonyl (C=O) groups excluding carboxylic acids is 1. The Hall–Kier alpha value is -1.18. The van der Waals surface area contributed by atoms with Crippen molar-refractivity contribution in [2.24, 2.45) is 4.99 Å². The molecule has 0 bridgehead atoms. The van der Waals surface area contributed by atoms with Crippen molar-refractivity contribution in [3.63, 3.8) is 0 Å². The van der Waals surface area contributed by atoms with E-state index in [1.807, 2.05) is 0 Å². The lowest BCUT2D eigenvalue weighted by Gasteiger charge is -1.76. The van der Waals surface area contributed by atoms with E-state index in [9.17, 15) is 4.79 Å². The van der Waals surface area contributed by atoms with Crippen molar-refractivity contribution in [3.8, 4) is 0 Å². The lowest BCUT2D eigenvalue weighted by molar-refractivity contribution is -0.102. The summed E-state index contributed by atoms with van der Waals surface area (Å²) in [6.07, 6.45) is 4.04. The molecule has 0 fully saturated rings. The van der Waals surface area contributed by atoms with Crippen LogP contribution in [-0.2, 0) is 4.79 Å². The summed E-state index contributed by atoms with van der Waals surface area (Å²) < 4.78 is 0. The SMILES string of the molecule is C=C1C=CC(C=O)=N1.